The summed E-state index contributed by atoms with van der Waals surface area (Å²) in [5.74, 6) is 1.08. The average molecular weight is 325 g/mol. The van der Waals surface area contributed by atoms with Crippen LogP contribution in [0.25, 0.3) is 0 Å². The third kappa shape index (κ3) is 3.96. The van der Waals surface area contributed by atoms with Crippen molar-refractivity contribution in [3.63, 3.8) is 0 Å². The molecule has 1 aromatic carbocycles. The highest BCUT2D eigenvalue weighted by atomic mass is 16.2. The van der Waals surface area contributed by atoms with Gasteiger partial charge in [0.05, 0.1) is 12.1 Å². The topological polar surface area (TPSA) is 64.9 Å². The molecule has 1 saturated heterocycles. The molecular weight excluding hydrogens is 298 g/mol. The summed E-state index contributed by atoms with van der Waals surface area (Å²) in [6.45, 7) is 4.41. The Morgan fingerprint density at radius 3 is 2.42 bits per heavy atom. The number of hydrogen-bond acceptors (Lipinski definition) is 3. The van der Waals surface area contributed by atoms with Crippen LogP contribution in [-0.2, 0) is 17.6 Å². The Labute approximate surface area is 144 Å². The molecule has 4 heteroatoms. The number of piperidine rings is 1. The van der Waals surface area contributed by atoms with Gasteiger partial charge in [-0.2, -0.15) is 5.26 Å². The summed E-state index contributed by atoms with van der Waals surface area (Å²) >= 11 is 0. The van der Waals surface area contributed by atoms with Gasteiger partial charge in [-0.15, -0.1) is 0 Å². The van der Waals surface area contributed by atoms with E-state index in [0.29, 0.717) is 24.3 Å². The summed E-state index contributed by atoms with van der Waals surface area (Å²) in [6.07, 6.45) is 5.04. The first-order chi connectivity index (χ1) is 11.5. The van der Waals surface area contributed by atoms with Crippen molar-refractivity contribution in [2.24, 2.45) is 11.8 Å². The van der Waals surface area contributed by atoms with Crippen molar-refractivity contribution in [2.45, 2.75) is 64.1 Å². The molecule has 2 N–H and O–H groups in total. The van der Waals surface area contributed by atoms with Crippen LogP contribution in [0.15, 0.2) is 24.3 Å². The van der Waals surface area contributed by atoms with E-state index in [1.165, 1.54) is 12.0 Å². The van der Waals surface area contributed by atoms with Crippen LogP contribution in [0.5, 0.6) is 0 Å². The van der Waals surface area contributed by atoms with Crippen molar-refractivity contribution in [2.75, 3.05) is 0 Å². The molecule has 1 amide bonds. The molecule has 0 spiro atoms. The van der Waals surface area contributed by atoms with Gasteiger partial charge in [0, 0.05) is 12.5 Å². The molecule has 1 heterocycles. The first-order valence-corrected chi connectivity index (χ1v) is 9.09. The summed E-state index contributed by atoms with van der Waals surface area (Å²) < 4.78 is 0. The van der Waals surface area contributed by atoms with Crippen LogP contribution in [-0.4, -0.2) is 24.0 Å². The van der Waals surface area contributed by atoms with Gasteiger partial charge in [0.1, 0.15) is 6.04 Å². The fraction of sp³-hybridized carbons (Fsp3) is 0.600. The van der Waals surface area contributed by atoms with Gasteiger partial charge in [0.25, 0.3) is 0 Å². The van der Waals surface area contributed by atoms with E-state index in [1.807, 2.05) is 0 Å². The van der Waals surface area contributed by atoms with Gasteiger partial charge < -0.3 is 10.6 Å². The number of nitrogens with zero attached hydrogens (tertiary/aromatic N) is 1. The summed E-state index contributed by atoms with van der Waals surface area (Å²) in [5, 5.41) is 15.7. The molecule has 2 fully saturated rings. The number of fused-ring (bicyclic) bond motifs is 2. The van der Waals surface area contributed by atoms with Gasteiger partial charge in [-0.25, -0.2) is 0 Å². The quantitative estimate of drug-likeness (QED) is 0.845. The van der Waals surface area contributed by atoms with E-state index in [-0.39, 0.29) is 11.9 Å². The number of carbonyl (C=O) groups is 1. The van der Waals surface area contributed by atoms with E-state index in [0.717, 1.165) is 24.8 Å². The number of carbonyl (C=O) groups excluding carboxylic acids is 1. The average Bonchev–Trinajstić information content (AvgIpc) is 3.18. The van der Waals surface area contributed by atoms with E-state index >= 15 is 0 Å². The molecule has 4 atom stereocenters. The number of benzene rings is 1. The van der Waals surface area contributed by atoms with Crippen molar-refractivity contribution < 1.29 is 4.79 Å². The van der Waals surface area contributed by atoms with Gasteiger partial charge in [-0.05, 0) is 48.6 Å². The van der Waals surface area contributed by atoms with Crippen LogP contribution in [0.2, 0.25) is 0 Å². The van der Waals surface area contributed by atoms with Crippen molar-refractivity contribution in [3.05, 3.63) is 35.4 Å². The van der Waals surface area contributed by atoms with Crippen LogP contribution in [0, 0.1) is 23.2 Å². The first kappa shape index (κ1) is 17.0. The van der Waals surface area contributed by atoms with Crippen LogP contribution in [0.3, 0.4) is 0 Å². The highest BCUT2D eigenvalue weighted by Gasteiger charge is 2.42. The molecule has 2 aliphatic rings. The normalized spacial score (nSPS) is 26.3. The van der Waals surface area contributed by atoms with Gasteiger partial charge in [-0.1, -0.05) is 38.1 Å². The predicted molar refractivity (Wildman–Crippen MR) is 94.3 cm³/mol. The summed E-state index contributed by atoms with van der Waals surface area (Å²) in [6, 6.07) is 10.6. The third-order valence-electron chi connectivity index (χ3n) is 5.22. The SMILES string of the molecule is CC(C)Cc1ccc(C[C@@H](C#N)NC(=O)[C@H]2N[C@@H]3CC[C@H]2C3)cc1. The molecule has 0 aromatic heterocycles. The molecule has 2 bridgehead atoms. The molecule has 1 saturated carbocycles. The van der Waals surface area contributed by atoms with Crippen LogP contribution in [0.1, 0.15) is 44.2 Å². The summed E-state index contributed by atoms with van der Waals surface area (Å²) in [5.41, 5.74) is 2.41. The Morgan fingerprint density at radius 1 is 1.25 bits per heavy atom. The summed E-state index contributed by atoms with van der Waals surface area (Å²) in [4.78, 5) is 12.4. The van der Waals surface area contributed by atoms with E-state index in [9.17, 15) is 10.1 Å². The predicted octanol–water partition coefficient (Wildman–Crippen LogP) is 2.58. The third-order valence-corrected chi connectivity index (χ3v) is 5.22. The van der Waals surface area contributed by atoms with Crippen LogP contribution < -0.4 is 10.6 Å². The van der Waals surface area contributed by atoms with E-state index < -0.39 is 6.04 Å². The second-order valence-corrected chi connectivity index (χ2v) is 7.72. The van der Waals surface area contributed by atoms with E-state index in [4.69, 9.17) is 0 Å². The maximum atomic E-state index is 12.4. The molecule has 3 rings (SSSR count). The zero-order valence-corrected chi connectivity index (χ0v) is 14.6. The highest BCUT2D eigenvalue weighted by Crippen LogP contribution is 2.35. The molecule has 1 aliphatic carbocycles. The Hall–Kier alpha value is -1.86. The largest absolute Gasteiger partial charge is 0.339 e. The van der Waals surface area contributed by atoms with Gasteiger partial charge in [-0.3, -0.25) is 4.79 Å². The second kappa shape index (κ2) is 7.36. The number of nitriles is 1. The number of nitrogens with one attached hydrogen (secondary N) is 2. The lowest BCUT2D eigenvalue weighted by atomic mass is 9.98. The molecule has 128 valence electrons. The maximum absolute atomic E-state index is 12.4. The highest BCUT2D eigenvalue weighted by molar-refractivity contribution is 5.83. The zero-order chi connectivity index (χ0) is 17.1. The van der Waals surface area contributed by atoms with Gasteiger partial charge >= 0.3 is 0 Å². The molecular formula is C20H27N3O. The summed E-state index contributed by atoms with van der Waals surface area (Å²) in [7, 11) is 0. The van der Waals surface area contributed by atoms with E-state index in [2.05, 4.69) is 54.8 Å². The standard InChI is InChI=1S/C20H27N3O/c1-13(2)9-14-3-5-15(6-4-14)10-18(12-21)23-20(24)19-16-7-8-17(11-16)22-19/h3-6,13,16-19,22H,7-11H2,1-2H3,(H,23,24)/t16-,17+,18-,19-/m0/s1. The lowest BCUT2D eigenvalue weighted by Gasteiger charge is -2.23. The minimum absolute atomic E-state index is 0.00909. The first-order valence-electron chi connectivity index (χ1n) is 9.09. The monoisotopic (exact) mass is 325 g/mol. The molecule has 1 aromatic rings. The van der Waals surface area contributed by atoms with Crippen molar-refractivity contribution in [3.8, 4) is 6.07 Å². The number of hydrogen-bond donors (Lipinski definition) is 2. The molecule has 0 radical (unpaired) electrons. The Kier molecular flexibility index (Phi) is 5.20. The Bertz CT molecular complexity index is 617. The lowest BCUT2D eigenvalue weighted by Crippen LogP contribution is -2.50. The van der Waals surface area contributed by atoms with Crippen molar-refractivity contribution in [1.82, 2.24) is 10.6 Å². The van der Waals surface area contributed by atoms with Crippen LogP contribution in [0.4, 0.5) is 0 Å². The fourth-order valence-corrected chi connectivity index (χ4v) is 4.06. The van der Waals surface area contributed by atoms with Gasteiger partial charge in [0.2, 0.25) is 5.91 Å². The molecule has 4 nitrogen and oxygen atoms in total. The van der Waals surface area contributed by atoms with Crippen molar-refractivity contribution in [1.29, 1.82) is 5.26 Å². The molecule has 0 unspecified atom stereocenters. The number of rotatable bonds is 6. The van der Waals surface area contributed by atoms with E-state index in [1.54, 1.807) is 0 Å². The van der Waals surface area contributed by atoms with Crippen molar-refractivity contribution >= 4 is 5.91 Å². The Morgan fingerprint density at radius 2 is 1.92 bits per heavy atom. The molecule has 24 heavy (non-hydrogen) atoms. The minimum Gasteiger partial charge on any atom is -0.339 e. The zero-order valence-electron chi connectivity index (χ0n) is 14.6. The molecule has 1 aliphatic heterocycles. The van der Waals surface area contributed by atoms with Gasteiger partial charge in [0.15, 0.2) is 0 Å². The van der Waals surface area contributed by atoms with Crippen LogP contribution >= 0.6 is 0 Å². The number of amides is 1. The fourth-order valence-electron chi connectivity index (χ4n) is 4.06. The smallest absolute Gasteiger partial charge is 0.238 e. The minimum atomic E-state index is -0.464. The Balaban J connectivity index is 1.55. The lowest BCUT2D eigenvalue weighted by molar-refractivity contribution is -0.124. The second-order valence-electron chi connectivity index (χ2n) is 7.72. The maximum Gasteiger partial charge on any atom is 0.238 e.